The second kappa shape index (κ2) is 7.27. The molecule has 5 nitrogen and oxygen atoms in total. The molecule has 0 radical (unpaired) electrons. The van der Waals surface area contributed by atoms with Crippen LogP contribution in [0.1, 0.15) is 47.0 Å². The van der Waals surface area contributed by atoms with Crippen LogP contribution in [-0.2, 0) is 14.3 Å². The molecule has 0 rings (SSSR count). The molecule has 0 aromatic carbocycles. The smallest absolute Gasteiger partial charge is 0.323 e. The number of carboxylic acid groups (broad SMARTS) is 1. The van der Waals surface area contributed by atoms with Crippen molar-refractivity contribution < 1.29 is 19.4 Å². The summed E-state index contributed by atoms with van der Waals surface area (Å²) in [6.45, 7) is 7.16. The van der Waals surface area contributed by atoms with Crippen LogP contribution in [0.3, 0.4) is 0 Å². The van der Waals surface area contributed by atoms with Crippen molar-refractivity contribution in [2.75, 3.05) is 6.54 Å². The number of carbonyl (C=O) groups excluding carboxylic acids is 1. The van der Waals surface area contributed by atoms with E-state index in [0.717, 1.165) is 12.8 Å². The minimum absolute atomic E-state index is 0.229. The van der Waals surface area contributed by atoms with Gasteiger partial charge in [0.05, 0.1) is 6.54 Å². The highest BCUT2D eigenvalue weighted by molar-refractivity contribution is 5.77. The standard InChI is InChI=1S/C12H23NO4/c1-5-6-7-9(13-8-10(14)15)11(16)17-12(2,3)4/h9,13H,5-8H2,1-4H3,(H,14,15). The largest absolute Gasteiger partial charge is 0.480 e. The summed E-state index contributed by atoms with van der Waals surface area (Å²) < 4.78 is 5.23. The lowest BCUT2D eigenvalue weighted by atomic mass is 10.1. The maximum Gasteiger partial charge on any atom is 0.323 e. The van der Waals surface area contributed by atoms with Gasteiger partial charge in [-0.05, 0) is 27.2 Å². The lowest BCUT2D eigenvalue weighted by Crippen LogP contribution is -2.43. The van der Waals surface area contributed by atoms with Gasteiger partial charge in [-0.1, -0.05) is 19.8 Å². The maximum atomic E-state index is 11.8. The van der Waals surface area contributed by atoms with Gasteiger partial charge >= 0.3 is 11.9 Å². The molecule has 0 bridgehead atoms. The Hall–Kier alpha value is -1.10. The summed E-state index contributed by atoms with van der Waals surface area (Å²) in [7, 11) is 0. The Morgan fingerprint density at radius 1 is 1.35 bits per heavy atom. The number of ether oxygens (including phenoxy) is 1. The number of carbonyl (C=O) groups is 2. The molecule has 0 saturated carbocycles. The summed E-state index contributed by atoms with van der Waals surface area (Å²) in [5.41, 5.74) is -0.549. The summed E-state index contributed by atoms with van der Waals surface area (Å²) in [6, 6.07) is -0.537. The molecule has 5 heteroatoms. The van der Waals surface area contributed by atoms with Crippen LogP contribution >= 0.6 is 0 Å². The molecule has 0 aromatic heterocycles. The molecule has 100 valence electrons. The molecule has 0 spiro atoms. The topological polar surface area (TPSA) is 75.6 Å². The zero-order valence-electron chi connectivity index (χ0n) is 11.1. The molecule has 0 saturated heterocycles. The third kappa shape index (κ3) is 8.68. The van der Waals surface area contributed by atoms with Gasteiger partial charge in [-0.2, -0.15) is 0 Å². The summed E-state index contributed by atoms with van der Waals surface area (Å²) in [5, 5.41) is 11.3. The Balaban J connectivity index is 4.33. The van der Waals surface area contributed by atoms with Gasteiger partial charge in [-0.3, -0.25) is 14.9 Å². The van der Waals surface area contributed by atoms with Crippen LogP contribution in [0, 0.1) is 0 Å². The van der Waals surface area contributed by atoms with Gasteiger partial charge in [0.25, 0.3) is 0 Å². The first kappa shape index (κ1) is 15.9. The summed E-state index contributed by atoms with van der Waals surface area (Å²) in [6.07, 6.45) is 2.41. The van der Waals surface area contributed by atoms with E-state index in [-0.39, 0.29) is 12.5 Å². The van der Waals surface area contributed by atoms with Gasteiger partial charge in [0, 0.05) is 0 Å². The number of rotatable bonds is 7. The first-order valence-corrected chi connectivity index (χ1v) is 5.94. The fourth-order valence-corrected chi connectivity index (χ4v) is 1.29. The predicted molar refractivity (Wildman–Crippen MR) is 64.8 cm³/mol. The molecule has 0 aliphatic rings. The molecule has 0 fully saturated rings. The fraction of sp³-hybridized carbons (Fsp3) is 0.833. The van der Waals surface area contributed by atoms with Crippen LogP contribution in [-0.4, -0.2) is 35.2 Å². The van der Waals surface area contributed by atoms with Gasteiger partial charge in [0.15, 0.2) is 0 Å². The zero-order chi connectivity index (χ0) is 13.5. The molecule has 0 heterocycles. The van der Waals surface area contributed by atoms with E-state index >= 15 is 0 Å². The Morgan fingerprint density at radius 2 is 1.94 bits per heavy atom. The minimum Gasteiger partial charge on any atom is -0.480 e. The monoisotopic (exact) mass is 245 g/mol. The quantitative estimate of drug-likeness (QED) is 0.666. The van der Waals surface area contributed by atoms with Gasteiger partial charge < -0.3 is 9.84 Å². The normalized spacial score (nSPS) is 13.2. The van der Waals surface area contributed by atoms with E-state index < -0.39 is 17.6 Å². The van der Waals surface area contributed by atoms with Crippen molar-refractivity contribution in [2.24, 2.45) is 0 Å². The van der Waals surface area contributed by atoms with E-state index in [1.807, 2.05) is 6.92 Å². The summed E-state index contributed by atoms with van der Waals surface area (Å²) >= 11 is 0. The van der Waals surface area contributed by atoms with E-state index in [2.05, 4.69) is 5.32 Å². The van der Waals surface area contributed by atoms with Gasteiger partial charge in [-0.15, -0.1) is 0 Å². The highest BCUT2D eigenvalue weighted by Gasteiger charge is 2.24. The molecular weight excluding hydrogens is 222 g/mol. The SMILES string of the molecule is CCCCC(NCC(=O)O)C(=O)OC(C)(C)C. The van der Waals surface area contributed by atoms with Gasteiger partial charge in [-0.25, -0.2) is 0 Å². The van der Waals surface area contributed by atoms with Crippen molar-refractivity contribution in [2.45, 2.75) is 58.6 Å². The van der Waals surface area contributed by atoms with E-state index in [1.165, 1.54) is 0 Å². The van der Waals surface area contributed by atoms with E-state index in [1.54, 1.807) is 20.8 Å². The number of aliphatic carboxylic acids is 1. The van der Waals surface area contributed by atoms with Crippen molar-refractivity contribution in [3.05, 3.63) is 0 Å². The molecule has 0 aliphatic heterocycles. The van der Waals surface area contributed by atoms with Crippen molar-refractivity contribution >= 4 is 11.9 Å². The highest BCUT2D eigenvalue weighted by Crippen LogP contribution is 2.11. The number of hydrogen-bond acceptors (Lipinski definition) is 4. The first-order chi connectivity index (χ1) is 7.76. The summed E-state index contributed by atoms with van der Waals surface area (Å²) in [5.74, 6) is -1.36. The van der Waals surface area contributed by atoms with Crippen molar-refractivity contribution in [3.63, 3.8) is 0 Å². The third-order valence-electron chi connectivity index (χ3n) is 2.04. The van der Waals surface area contributed by atoms with Crippen LogP contribution in [0.25, 0.3) is 0 Å². The molecule has 2 N–H and O–H groups in total. The van der Waals surface area contributed by atoms with Crippen LogP contribution in [0.4, 0.5) is 0 Å². The summed E-state index contributed by atoms with van der Waals surface area (Å²) in [4.78, 5) is 22.3. The van der Waals surface area contributed by atoms with E-state index in [9.17, 15) is 9.59 Å². The fourth-order valence-electron chi connectivity index (χ4n) is 1.29. The van der Waals surface area contributed by atoms with Crippen LogP contribution in [0.5, 0.6) is 0 Å². The number of nitrogens with one attached hydrogen (secondary N) is 1. The number of carboxylic acids is 1. The van der Waals surface area contributed by atoms with Crippen molar-refractivity contribution in [1.82, 2.24) is 5.32 Å². The van der Waals surface area contributed by atoms with E-state index in [0.29, 0.717) is 6.42 Å². The Kier molecular flexibility index (Phi) is 6.80. The molecule has 0 amide bonds. The van der Waals surface area contributed by atoms with Crippen LogP contribution in [0.2, 0.25) is 0 Å². The molecular formula is C12H23NO4. The molecule has 1 unspecified atom stereocenters. The van der Waals surface area contributed by atoms with E-state index in [4.69, 9.17) is 9.84 Å². The molecule has 0 aliphatic carbocycles. The lowest BCUT2D eigenvalue weighted by Gasteiger charge is -2.24. The molecule has 1 atom stereocenters. The van der Waals surface area contributed by atoms with Crippen molar-refractivity contribution in [1.29, 1.82) is 0 Å². The number of hydrogen-bond donors (Lipinski definition) is 2. The lowest BCUT2D eigenvalue weighted by molar-refractivity contribution is -0.157. The second-order valence-electron chi connectivity index (χ2n) is 5.00. The molecule has 0 aromatic rings. The van der Waals surface area contributed by atoms with Crippen LogP contribution in [0.15, 0.2) is 0 Å². The predicted octanol–water partition coefficient (Wildman–Crippen LogP) is 1.56. The average molecular weight is 245 g/mol. The minimum atomic E-state index is -0.977. The third-order valence-corrected chi connectivity index (χ3v) is 2.04. The Labute approximate surface area is 103 Å². The van der Waals surface area contributed by atoms with Gasteiger partial charge in [0.1, 0.15) is 11.6 Å². The first-order valence-electron chi connectivity index (χ1n) is 5.94. The Morgan fingerprint density at radius 3 is 2.35 bits per heavy atom. The number of esters is 1. The van der Waals surface area contributed by atoms with Crippen molar-refractivity contribution in [3.8, 4) is 0 Å². The zero-order valence-corrected chi connectivity index (χ0v) is 11.1. The number of unbranched alkanes of at least 4 members (excludes halogenated alkanes) is 1. The second-order valence-corrected chi connectivity index (χ2v) is 5.00. The Bertz CT molecular complexity index is 258. The molecule has 17 heavy (non-hydrogen) atoms. The average Bonchev–Trinajstić information content (AvgIpc) is 2.14. The maximum absolute atomic E-state index is 11.8. The van der Waals surface area contributed by atoms with Crippen LogP contribution < -0.4 is 5.32 Å². The van der Waals surface area contributed by atoms with Gasteiger partial charge in [0.2, 0.25) is 0 Å². The highest BCUT2D eigenvalue weighted by atomic mass is 16.6.